The molecule has 1 saturated heterocycles. The molecule has 4 heteroatoms. The van der Waals surface area contributed by atoms with Gasteiger partial charge in [0.1, 0.15) is 0 Å². The highest BCUT2D eigenvalue weighted by atomic mass is 15.2. The number of likely N-dealkylation sites (tertiary alicyclic amines) is 1. The van der Waals surface area contributed by atoms with Crippen LogP contribution in [0.25, 0.3) is 10.8 Å². The number of aryl methyl sites for hydroxylation is 1. The van der Waals surface area contributed by atoms with Crippen molar-refractivity contribution in [3.8, 4) is 0 Å². The van der Waals surface area contributed by atoms with Crippen LogP contribution in [0.4, 0.5) is 5.82 Å². The van der Waals surface area contributed by atoms with Crippen LogP contribution >= 0.6 is 0 Å². The van der Waals surface area contributed by atoms with Crippen LogP contribution in [0.3, 0.4) is 0 Å². The van der Waals surface area contributed by atoms with Crippen LogP contribution in [0.15, 0.2) is 24.3 Å². The van der Waals surface area contributed by atoms with Crippen LogP contribution < -0.4 is 5.32 Å². The molecule has 0 amide bonds. The third kappa shape index (κ3) is 2.90. The van der Waals surface area contributed by atoms with Gasteiger partial charge in [0.25, 0.3) is 0 Å². The standard InChI is InChI=1S/C16H22N4/c1-13-14-7-3-4-8-15(14)16(19-18-13)17-9-12-20-10-5-2-6-11-20/h3-4,7-8H,2,5-6,9-12H2,1H3,(H,17,19). The van der Waals surface area contributed by atoms with Gasteiger partial charge in [-0.3, -0.25) is 0 Å². The summed E-state index contributed by atoms with van der Waals surface area (Å²) in [5, 5.41) is 14.4. The van der Waals surface area contributed by atoms with Crippen LogP contribution in [0.2, 0.25) is 0 Å². The summed E-state index contributed by atoms with van der Waals surface area (Å²) in [6.45, 7) is 6.50. The molecule has 0 radical (unpaired) electrons. The number of benzene rings is 1. The lowest BCUT2D eigenvalue weighted by atomic mass is 10.1. The van der Waals surface area contributed by atoms with E-state index in [1.54, 1.807) is 0 Å². The van der Waals surface area contributed by atoms with Gasteiger partial charge < -0.3 is 10.2 Å². The molecule has 3 rings (SSSR count). The minimum atomic E-state index is 0.906. The van der Waals surface area contributed by atoms with E-state index in [-0.39, 0.29) is 0 Å². The number of piperidine rings is 1. The molecule has 0 bridgehead atoms. The average molecular weight is 270 g/mol. The molecule has 1 N–H and O–H groups in total. The molecular weight excluding hydrogens is 248 g/mol. The van der Waals surface area contributed by atoms with Gasteiger partial charge in [-0.25, -0.2) is 0 Å². The zero-order valence-electron chi connectivity index (χ0n) is 12.1. The van der Waals surface area contributed by atoms with Gasteiger partial charge in [0, 0.05) is 23.9 Å². The molecule has 4 nitrogen and oxygen atoms in total. The maximum atomic E-state index is 4.31. The van der Waals surface area contributed by atoms with Crippen molar-refractivity contribution in [1.29, 1.82) is 0 Å². The van der Waals surface area contributed by atoms with Crippen molar-refractivity contribution in [2.24, 2.45) is 0 Å². The summed E-state index contributed by atoms with van der Waals surface area (Å²) in [6.07, 6.45) is 4.07. The van der Waals surface area contributed by atoms with Crippen LogP contribution in [0.5, 0.6) is 0 Å². The molecule has 0 atom stereocenters. The molecule has 1 fully saturated rings. The molecule has 106 valence electrons. The van der Waals surface area contributed by atoms with Gasteiger partial charge in [-0.05, 0) is 32.9 Å². The second-order valence-electron chi connectivity index (χ2n) is 5.51. The molecule has 0 saturated carbocycles. The highest BCUT2D eigenvalue weighted by molar-refractivity contribution is 5.92. The van der Waals surface area contributed by atoms with Crippen LogP contribution in [-0.4, -0.2) is 41.3 Å². The summed E-state index contributed by atoms with van der Waals surface area (Å²) < 4.78 is 0. The molecule has 2 heterocycles. The monoisotopic (exact) mass is 270 g/mol. The fourth-order valence-corrected chi connectivity index (χ4v) is 2.88. The number of hydrogen-bond donors (Lipinski definition) is 1. The van der Waals surface area contributed by atoms with Gasteiger partial charge >= 0.3 is 0 Å². The third-order valence-corrected chi connectivity index (χ3v) is 4.04. The first-order valence-electron chi connectivity index (χ1n) is 7.53. The fraction of sp³-hybridized carbons (Fsp3) is 0.500. The number of fused-ring (bicyclic) bond motifs is 1. The highest BCUT2D eigenvalue weighted by Gasteiger charge is 2.10. The fourth-order valence-electron chi connectivity index (χ4n) is 2.88. The van der Waals surface area contributed by atoms with Crippen molar-refractivity contribution in [3.05, 3.63) is 30.0 Å². The van der Waals surface area contributed by atoms with E-state index in [0.29, 0.717) is 0 Å². The van der Waals surface area contributed by atoms with Gasteiger partial charge in [0.05, 0.1) is 5.69 Å². The van der Waals surface area contributed by atoms with Gasteiger partial charge in [-0.15, -0.1) is 5.10 Å². The summed E-state index contributed by atoms with van der Waals surface area (Å²) in [5.41, 5.74) is 0.988. The van der Waals surface area contributed by atoms with Gasteiger partial charge in [0.2, 0.25) is 0 Å². The van der Waals surface area contributed by atoms with Crippen molar-refractivity contribution in [2.75, 3.05) is 31.5 Å². The van der Waals surface area contributed by atoms with E-state index >= 15 is 0 Å². The predicted octanol–water partition coefficient (Wildman–Crippen LogP) is 2.84. The lowest BCUT2D eigenvalue weighted by Crippen LogP contribution is -2.33. The van der Waals surface area contributed by atoms with E-state index in [1.807, 2.05) is 6.92 Å². The van der Waals surface area contributed by atoms with Gasteiger partial charge in [0.15, 0.2) is 5.82 Å². The Morgan fingerprint density at radius 3 is 2.60 bits per heavy atom. The molecule has 0 spiro atoms. The normalized spacial score (nSPS) is 16.4. The van der Waals surface area contributed by atoms with E-state index in [2.05, 4.69) is 44.7 Å². The minimum absolute atomic E-state index is 0.906. The zero-order chi connectivity index (χ0) is 13.8. The lowest BCUT2D eigenvalue weighted by Gasteiger charge is -2.26. The molecule has 2 aromatic rings. The second-order valence-corrected chi connectivity index (χ2v) is 5.51. The summed E-state index contributed by atoms with van der Waals surface area (Å²) in [4.78, 5) is 2.53. The quantitative estimate of drug-likeness (QED) is 0.927. The summed E-state index contributed by atoms with van der Waals surface area (Å²) >= 11 is 0. The van der Waals surface area contributed by atoms with Gasteiger partial charge in [-0.1, -0.05) is 30.7 Å². The Morgan fingerprint density at radius 2 is 1.80 bits per heavy atom. The number of aromatic nitrogens is 2. The number of hydrogen-bond acceptors (Lipinski definition) is 4. The van der Waals surface area contributed by atoms with E-state index in [0.717, 1.165) is 24.6 Å². The first-order valence-corrected chi connectivity index (χ1v) is 7.53. The first kappa shape index (κ1) is 13.3. The molecule has 1 aromatic carbocycles. The number of anilines is 1. The Morgan fingerprint density at radius 1 is 1.05 bits per heavy atom. The number of nitrogens with one attached hydrogen (secondary N) is 1. The maximum Gasteiger partial charge on any atom is 0.156 e. The molecule has 1 aromatic heterocycles. The maximum absolute atomic E-state index is 4.31. The Bertz CT molecular complexity index is 576. The molecule has 1 aliphatic rings. The summed E-state index contributed by atoms with van der Waals surface area (Å²) in [7, 11) is 0. The smallest absolute Gasteiger partial charge is 0.156 e. The first-order chi connectivity index (χ1) is 9.84. The molecular formula is C16H22N4. The van der Waals surface area contributed by atoms with Crippen molar-refractivity contribution in [2.45, 2.75) is 26.2 Å². The average Bonchev–Trinajstić information content (AvgIpc) is 2.51. The van der Waals surface area contributed by atoms with Crippen LogP contribution in [0, 0.1) is 6.92 Å². The third-order valence-electron chi connectivity index (χ3n) is 4.04. The minimum Gasteiger partial charge on any atom is -0.367 e. The Labute approximate surface area is 120 Å². The number of rotatable bonds is 4. The SMILES string of the molecule is Cc1nnc(NCCN2CCCCC2)c2ccccc12. The van der Waals surface area contributed by atoms with Gasteiger partial charge in [-0.2, -0.15) is 5.10 Å². The van der Waals surface area contributed by atoms with Crippen LogP contribution in [0.1, 0.15) is 25.0 Å². The second kappa shape index (κ2) is 6.18. The topological polar surface area (TPSA) is 41.1 Å². The van der Waals surface area contributed by atoms with Crippen molar-refractivity contribution >= 4 is 16.6 Å². The highest BCUT2D eigenvalue weighted by Crippen LogP contribution is 2.22. The Hall–Kier alpha value is -1.68. The van der Waals surface area contributed by atoms with E-state index in [4.69, 9.17) is 0 Å². The largest absolute Gasteiger partial charge is 0.367 e. The molecule has 1 aliphatic heterocycles. The van der Waals surface area contributed by atoms with E-state index in [1.165, 1.54) is 43.1 Å². The summed E-state index contributed by atoms with van der Waals surface area (Å²) in [5.74, 6) is 0.906. The van der Waals surface area contributed by atoms with E-state index < -0.39 is 0 Å². The van der Waals surface area contributed by atoms with Crippen molar-refractivity contribution in [3.63, 3.8) is 0 Å². The lowest BCUT2D eigenvalue weighted by molar-refractivity contribution is 0.237. The predicted molar refractivity (Wildman–Crippen MR) is 83.1 cm³/mol. The van der Waals surface area contributed by atoms with E-state index in [9.17, 15) is 0 Å². The van der Waals surface area contributed by atoms with Crippen molar-refractivity contribution < 1.29 is 0 Å². The molecule has 20 heavy (non-hydrogen) atoms. The zero-order valence-corrected chi connectivity index (χ0v) is 12.1. The molecule has 0 aliphatic carbocycles. The number of nitrogens with zero attached hydrogens (tertiary/aromatic N) is 3. The Kier molecular flexibility index (Phi) is 4.11. The van der Waals surface area contributed by atoms with Crippen LogP contribution in [-0.2, 0) is 0 Å². The Balaban J connectivity index is 1.67. The summed E-state index contributed by atoms with van der Waals surface area (Å²) in [6, 6.07) is 8.32. The molecule has 0 unspecified atom stereocenters. The van der Waals surface area contributed by atoms with Crippen molar-refractivity contribution in [1.82, 2.24) is 15.1 Å².